The zero-order chi connectivity index (χ0) is 70.8. The molecule has 2 aliphatic heterocycles. The summed E-state index contributed by atoms with van der Waals surface area (Å²) in [6.07, 6.45) is -0.287. The van der Waals surface area contributed by atoms with Crippen LogP contribution in [0.1, 0.15) is 150 Å². The lowest BCUT2D eigenvalue weighted by molar-refractivity contribution is 0.00834. The molecule has 5 N–H and O–H groups in total. The van der Waals surface area contributed by atoms with Gasteiger partial charge in [0.15, 0.2) is 15.6 Å². The van der Waals surface area contributed by atoms with Crippen molar-refractivity contribution in [3.05, 3.63) is 195 Å². The first-order valence-corrected chi connectivity index (χ1v) is 35.3. The number of hydrogen-bond donors (Lipinski definition) is 5. The molecule has 0 aliphatic carbocycles. The Hall–Kier alpha value is -8.43. The van der Waals surface area contributed by atoms with Crippen LogP contribution in [0, 0.1) is 23.3 Å². The summed E-state index contributed by atoms with van der Waals surface area (Å²) < 4.78 is 126. The van der Waals surface area contributed by atoms with Crippen LogP contribution >= 0.6 is 0 Å². The number of anilines is 1. The van der Waals surface area contributed by atoms with Gasteiger partial charge in [-0.25, -0.2) is 39.2 Å². The number of benzene rings is 6. The van der Waals surface area contributed by atoms with Crippen LogP contribution in [0.4, 0.5) is 28.0 Å². The van der Waals surface area contributed by atoms with Gasteiger partial charge in [-0.05, 0) is 192 Å². The third kappa shape index (κ3) is 22.8. The number of oxime groups is 1. The van der Waals surface area contributed by atoms with Crippen LogP contribution in [0.15, 0.2) is 126 Å². The average Bonchev–Trinajstić information content (AvgIpc) is 0.798. The lowest BCUT2D eigenvalue weighted by atomic mass is 9.97. The van der Waals surface area contributed by atoms with E-state index in [1.807, 2.05) is 31.2 Å². The van der Waals surface area contributed by atoms with Crippen molar-refractivity contribution < 1.29 is 82.8 Å². The minimum atomic E-state index is -3.60. The number of rotatable bonds is 27. The van der Waals surface area contributed by atoms with E-state index in [-0.39, 0.29) is 84.1 Å². The van der Waals surface area contributed by atoms with Crippen LogP contribution in [0.5, 0.6) is 11.5 Å². The molecule has 0 radical (unpaired) electrons. The number of carbonyl (C=O) groups is 4. The van der Waals surface area contributed by atoms with Crippen molar-refractivity contribution in [3.63, 3.8) is 0 Å². The van der Waals surface area contributed by atoms with Crippen molar-refractivity contribution in [3.8, 4) is 11.5 Å². The topological polar surface area (TPSA) is 269 Å². The maximum Gasteiger partial charge on any atom is 0.410 e. The molecule has 1 unspecified atom stereocenters. The first-order valence-electron chi connectivity index (χ1n) is 31.9. The molecule has 0 spiro atoms. The predicted octanol–water partition coefficient (Wildman–Crippen LogP) is 10.5. The highest BCUT2D eigenvalue weighted by Crippen LogP contribution is 2.35. The molecule has 3 amide bonds. The largest absolute Gasteiger partial charge is 0.497 e. The van der Waals surface area contributed by atoms with Gasteiger partial charge in [0.1, 0.15) is 47.0 Å². The average molecular weight is 1390 g/mol. The van der Waals surface area contributed by atoms with Crippen molar-refractivity contribution in [2.45, 2.75) is 141 Å². The Morgan fingerprint density at radius 1 is 0.660 bits per heavy atom. The van der Waals surface area contributed by atoms with E-state index in [4.69, 9.17) is 19.0 Å². The summed E-state index contributed by atoms with van der Waals surface area (Å²) in [5, 5.41) is 34.9. The van der Waals surface area contributed by atoms with Crippen LogP contribution in [-0.4, -0.2) is 143 Å². The van der Waals surface area contributed by atoms with Crippen molar-refractivity contribution in [2.24, 2.45) is 5.16 Å². The van der Waals surface area contributed by atoms with Gasteiger partial charge in [0.25, 0.3) is 11.8 Å². The Labute approximate surface area is 564 Å². The highest BCUT2D eigenvalue weighted by molar-refractivity contribution is 7.92. The summed E-state index contributed by atoms with van der Waals surface area (Å²) in [6.45, 7) is 10.7. The van der Waals surface area contributed by atoms with Gasteiger partial charge >= 0.3 is 6.09 Å². The molecule has 26 heteroatoms. The fraction of sp³-hybridized carbons (Fsp3) is 0.423. The van der Waals surface area contributed by atoms with Crippen molar-refractivity contribution in [1.29, 1.82) is 0 Å². The number of nitrogens with one attached hydrogen (secondary N) is 3. The van der Waals surface area contributed by atoms with Gasteiger partial charge in [-0.1, -0.05) is 42.8 Å². The van der Waals surface area contributed by atoms with Crippen molar-refractivity contribution in [2.75, 3.05) is 56.3 Å². The van der Waals surface area contributed by atoms with Gasteiger partial charge in [0.2, 0.25) is 10.0 Å². The standard InChI is InChI=1S/C37H44F2N2O8S.C34H42F2N4O6S/c1-23(42)26-17-27(34-11-6-7-12-50(34,46)47)19-28(18-26)35(44)40-32(16-25-13-29(38)20-30(39)14-25)33(43)22-41(36(45)49-37(2,3)4)21-24-9-8-10-31(15-24)48-5;1-4-11-46-39-23(2)26-17-27(19-30(18-26)40-10-5-6-12-47(40,43)44)34(42)38-32(16-25-13-28(35)20-29(36)14-25)33(41)22-37-21-24-8-7-9-31(15-24)45-3/h8-10,13-15,17-20,32-34,43H,6-7,11-12,16,21-22H2,1-5H3,(H,40,44);7-9,13-15,17-20,32-33,37,41H,4-6,10-12,16,21-22H2,1-3H3,(H,38,42)/b;39-23+/t32-,33+,34?;32-,33+/m00/s1. The summed E-state index contributed by atoms with van der Waals surface area (Å²) in [6, 6.07) is 26.9. The van der Waals surface area contributed by atoms with Crippen LogP contribution in [-0.2, 0) is 55.4 Å². The molecule has 8 rings (SSSR count). The van der Waals surface area contributed by atoms with Gasteiger partial charge in [-0.15, -0.1) is 0 Å². The summed E-state index contributed by atoms with van der Waals surface area (Å²) >= 11 is 0. The number of nitrogens with zero attached hydrogens (tertiary/aromatic N) is 3. The number of ketones is 1. The van der Waals surface area contributed by atoms with Crippen LogP contribution in [0.3, 0.4) is 0 Å². The maximum atomic E-state index is 14.2. The third-order valence-corrected chi connectivity index (χ3v) is 20.1. The first kappa shape index (κ1) is 75.9. The highest BCUT2D eigenvalue weighted by atomic mass is 32.2. The number of ether oxygens (including phenoxy) is 3. The van der Waals surface area contributed by atoms with E-state index in [2.05, 4.69) is 21.1 Å². The Morgan fingerprint density at radius 3 is 1.75 bits per heavy atom. The summed E-state index contributed by atoms with van der Waals surface area (Å²) in [4.78, 5) is 60.2. The Morgan fingerprint density at radius 2 is 1.20 bits per heavy atom. The summed E-state index contributed by atoms with van der Waals surface area (Å²) in [7, 11) is -4.06. The molecule has 2 fully saturated rings. The Kier molecular flexibility index (Phi) is 27.1. The Balaban J connectivity index is 0.000000274. The van der Waals surface area contributed by atoms with E-state index in [9.17, 15) is 63.8 Å². The molecular formula is C71H86F4N6O14S2. The smallest absolute Gasteiger partial charge is 0.410 e. The molecule has 0 aromatic heterocycles. The third-order valence-electron chi connectivity index (χ3n) is 16.0. The lowest BCUT2D eigenvalue weighted by Crippen LogP contribution is -2.51. The normalized spacial score (nSPS) is 16.5. The van der Waals surface area contributed by atoms with E-state index in [1.54, 1.807) is 71.2 Å². The minimum Gasteiger partial charge on any atom is -0.497 e. The molecule has 2 aliphatic rings. The molecule has 5 atom stereocenters. The van der Waals surface area contributed by atoms with Crippen molar-refractivity contribution >= 4 is 55.0 Å². The van der Waals surface area contributed by atoms with E-state index in [1.165, 1.54) is 47.5 Å². The van der Waals surface area contributed by atoms with E-state index >= 15 is 0 Å². The second-order valence-corrected chi connectivity index (χ2v) is 29.4. The molecule has 2 heterocycles. The van der Waals surface area contributed by atoms with Crippen LogP contribution < -0.4 is 29.7 Å². The number of aliphatic hydroxyl groups is 2. The molecule has 0 saturated carbocycles. The zero-order valence-corrected chi connectivity index (χ0v) is 57.3. The summed E-state index contributed by atoms with van der Waals surface area (Å²) in [5.41, 5.74) is 2.79. The molecule has 0 bridgehead atoms. The number of amides is 3. The van der Waals surface area contributed by atoms with Gasteiger partial charge in [-0.3, -0.25) is 18.7 Å². The number of hydrogen-bond acceptors (Lipinski definition) is 16. The Bertz CT molecular complexity index is 3960. The SMILES string of the molecule is CCCO/N=C(\C)c1cc(C(=O)N[C@@H](Cc2cc(F)cc(F)c2)[C@H](O)CNCc2cccc(OC)c2)cc(N2CCCCS2(=O)=O)c1.COc1cccc(CN(C[C@@H](O)[C@H](Cc2cc(F)cc(F)c2)NC(=O)c2cc(C(C)=O)cc(C3CCCCS3(=O)=O)c2)C(=O)OC(C)(C)C)c1. The molecule has 97 heavy (non-hydrogen) atoms. The van der Waals surface area contributed by atoms with E-state index < -0.39 is 96.2 Å². The number of sulfone groups is 1. The number of sulfonamides is 1. The zero-order valence-electron chi connectivity index (χ0n) is 55.7. The lowest BCUT2D eigenvalue weighted by Gasteiger charge is -2.32. The second-order valence-electron chi connectivity index (χ2n) is 25.1. The van der Waals surface area contributed by atoms with Gasteiger partial charge in [0, 0.05) is 60.6 Å². The van der Waals surface area contributed by atoms with E-state index in [0.29, 0.717) is 90.9 Å². The monoisotopic (exact) mass is 1390 g/mol. The minimum absolute atomic E-state index is 0.00728. The number of halogens is 4. The highest BCUT2D eigenvalue weighted by Gasteiger charge is 2.34. The molecule has 6 aromatic carbocycles. The van der Waals surface area contributed by atoms with E-state index in [0.717, 1.165) is 42.3 Å². The maximum absolute atomic E-state index is 14.2. The number of methoxy groups -OCH3 is 2. The fourth-order valence-electron chi connectivity index (χ4n) is 11.2. The van der Waals surface area contributed by atoms with Gasteiger partial charge in [0.05, 0.1) is 73.2 Å². The first-order chi connectivity index (χ1) is 45.9. The number of aliphatic hydroxyl groups excluding tert-OH is 2. The molecular weight excluding hydrogens is 1300 g/mol. The van der Waals surface area contributed by atoms with Crippen LogP contribution in [0.25, 0.3) is 0 Å². The predicted molar refractivity (Wildman–Crippen MR) is 361 cm³/mol. The quantitative estimate of drug-likeness (QED) is 0.0106. The second kappa shape index (κ2) is 34.7. The fourth-order valence-corrected chi connectivity index (χ4v) is 14.8. The van der Waals surface area contributed by atoms with Gasteiger partial charge in [-0.2, -0.15) is 0 Å². The molecule has 2 saturated heterocycles. The van der Waals surface area contributed by atoms with Crippen molar-refractivity contribution in [1.82, 2.24) is 20.9 Å². The molecule has 6 aromatic rings. The number of Topliss-reactive ketones (excluding diaryl/α,β-unsaturated/α-hetero) is 1. The van der Waals surface area contributed by atoms with Crippen LogP contribution in [0.2, 0.25) is 0 Å². The van der Waals surface area contributed by atoms with Gasteiger partial charge < -0.3 is 50.1 Å². The number of carbonyl (C=O) groups excluding carboxylic acids is 4. The molecule has 524 valence electrons. The molecule has 20 nitrogen and oxygen atoms in total. The summed E-state index contributed by atoms with van der Waals surface area (Å²) in [5.74, 6) is -3.84.